The van der Waals surface area contributed by atoms with Crippen LogP contribution >= 0.6 is 0 Å². The Morgan fingerprint density at radius 1 is 1.17 bits per heavy atom. The first-order valence-electron chi connectivity index (χ1n) is 8.21. The minimum atomic E-state index is -3.09. The van der Waals surface area contributed by atoms with Crippen LogP contribution in [0.2, 0.25) is 0 Å². The summed E-state index contributed by atoms with van der Waals surface area (Å²) in [5, 5.41) is 0. The van der Waals surface area contributed by atoms with Gasteiger partial charge in [0.2, 0.25) is 0 Å². The van der Waals surface area contributed by atoms with Gasteiger partial charge in [-0.1, -0.05) is 25.5 Å². The third-order valence-electron chi connectivity index (χ3n) is 4.85. The molecule has 0 aliphatic carbocycles. The first-order valence-corrected chi connectivity index (χ1v) is 10.0. The van der Waals surface area contributed by atoms with Gasteiger partial charge in [0, 0.05) is 12.2 Å². The van der Waals surface area contributed by atoms with Gasteiger partial charge in [0.25, 0.3) is 0 Å². The summed E-state index contributed by atoms with van der Waals surface area (Å²) in [7, 11) is -3.09. The van der Waals surface area contributed by atoms with Crippen molar-refractivity contribution in [1.82, 2.24) is 4.90 Å². The molecule has 5 nitrogen and oxygen atoms in total. The number of benzene rings is 1. The maximum atomic E-state index is 13.0. The van der Waals surface area contributed by atoms with E-state index in [0.717, 1.165) is 29.7 Å². The molecule has 2 fully saturated rings. The van der Waals surface area contributed by atoms with E-state index in [-0.39, 0.29) is 29.6 Å². The molecule has 2 atom stereocenters. The van der Waals surface area contributed by atoms with Crippen LogP contribution in [-0.2, 0) is 9.84 Å². The van der Waals surface area contributed by atoms with E-state index in [9.17, 15) is 13.2 Å². The normalized spacial score (nSPS) is 26.0. The minimum absolute atomic E-state index is 0.0444. The lowest BCUT2D eigenvalue weighted by atomic mass is 10.1. The molecule has 0 N–H and O–H groups in total. The highest BCUT2D eigenvalue weighted by Gasteiger charge is 2.53. The molecule has 0 saturated carbocycles. The van der Waals surface area contributed by atoms with E-state index in [1.165, 1.54) is 0 Å². The molecule has 2 heterocycles. The van der Waals surface area contributed by atoms with Crippen molar-refractivity contribution >= 4 is 21.6 Å². The van der Waals surface area contributed by atoms with E-state index in [0.29, 0.717) is 6.54 Å². The monoisotopic (exact) mass is 336 g/mol. The van der Waals surface area contributed by atoms with Crippen molar-refractivity contribution < 1.29 is 13.2 Å². The molecule has 0 spiro atoms. The molecule has 2 saturated heterocycles. The van der Waals surface area contributed by atoms with Gasteiger partial charge < -0.3 is 4.90 Å². The van der Waals surface area contributed by atoms with Gasteiger partial charge >= 0.3 is 6.03 Å². The smallest absolute Gasteiger partial charge is 0.318 e. The van der Waals surface area contributed by atoms with Crippen molar-refractivity contribution in [2.24, 2.45) is 0 Å². The average Bonchev–Trinajstić information content (AvgIpc) is 2.90. The number of hydrogen-bond acceptors (Lipinski definition) is 3. The van der Waals surface area contributed by atoms with Crippen LogP contribution in [0.1, 0.15) is 30.9 Å². The zero-order chi connectivity index (χ0) is 16.8. The number of hydrogen-bond donors (Lipinski definition) is 0. The third-order valence-corrected chi connectivity index (χ3v) is 6.55. The predicted octanol–water partition coefficient (Wildman–Crippen LogP) is 2.51. The molecule has 1 aromatic carbocycles. The first kappa shape index (κ1) is 16.3. The van der Waals surface area contributed by atoms with Crippen LogP contribution in [-0.4, -0.2) is 49.5 Å². The number of unbranched alkanes of at least 4 members (excludes halogenated alkanes) is 1. The molecule has 1 aromatic rings. The van der Waals surface area contributed by atoms with E-state index >= 15 is 0 Å². The highest BCUT2D eigenvalue weighted by Crippen LogP contribution is 2.36. The van der Waals surface area contributed by atoms with Crippen LogP contribution in [0.4, 0.5) is 10.5 Å². The fraction of sp³-hybridized carbons (Fsp3) is 0.588. The van der Waals surface area contributed by atoms with Gasteiger partial charge in [0.15, 0.2) is 9.84 Å². The van der Waals surface area contributed by atoms with Crippen molar-refractivity contribution in [1.29, 1.82) is 0 Å². The average molecular weight is 336 g/mol. The van der Waals surface area contributed by atoms with Crippen LogP contribution in [0, 0.1) is 13.8 Å². The fourth-order valence-corrected chi connectivity index (χ4v) is 5.58. The summed E-state index contributed by atoms with van der Waals surface area (Å²) < 4.78 is 24.3. The van der Waals surface area contributed by atoms with Crippen molar-refractivity contribution in [3.05, 3.63) is 29.3 Å². The lowest BCUT2D eigenvalue weighted by molar-refractivity contribution is 0.208. The van der Waals surface area contributed by atoms with Crippen LogP contribution in [0.5, 0.6) is 0 Å². The Balaban J connectivity index is 2.02. The quantitative estimate of drug-likeness (QED) is 0.794. The second-order valence-corrected chi connectivity index (χ2v) is 8.85. The predicted molar refractivity (Wildman–Crippen MR) is 91.6 cm³/mol. The second kappa shape index (κ2) is 5.82. The van der Waals surface area contributed by atoms with Crippen LogP contribution in [0.3, 0.4) is 0 Å². The Kier molecular flexibility index (Phi) is 4.12. The first-order chi connectivity index (χ1) is 10.8. The van der Waals surface area contributed by atoms with E-state index in [1.807, 2.05) is 32.0 Å². The molecular weight excluding hydrogens is 312 g/mol. The van der Waals surface area contributed by atoms with Gasteiger partial charge in [-0.3, -0.25) is 4.90 Å². The molecule has 2 unspecified atom stereocenters. The molecule has 2 aliphatic rings. The number of aryl methyl sites for hydroxylation is 2. The summed E-state index contributed by atoms with van der Waals surface area (Å²) >= 11 is 0. The summed E-state index contributed by atoms with van der Waals surface area (Å²) in [6, 6.07) is 5.47. The Labute approximate surface area is 138 Å². The van der Waals surface area contributed by atoms with Crippen LogP contribution in [0.15, 0.2) is 18.2 Å². The number of urea groups is 1. The number of rotatable bonds is 4. The third kappa shape index (κ3) is 2.84. The Morgan fingerprint density at radius 3 is 2.57 bits per heavy atom. The van der Waals surface area contributed by atoms with Gasteiger partial charge in [0.05, 0.1) is 23.6 Å². The molecular formula is C17H24N2O3S. The van der Waals surface area contributed by atoms with Gasteiger partial charge in [-0.2, -0.15) is 0 Å². The zero-order valence-corrected chi connectivity index (χ0v) is 14.8. The molecule has 6 heteroatoms. The molecule has 0 aromatic heterocycles. The zero-order valence-electron chi connectivity index (χ0n) is 13.9. The van der Waals surface area contributed by atoms with Crippen molar-refractivity contribution in [3.8, 4) is 0 Å². The maximum Gasteiger partial charge on any atom is 0.325 e. The Morgan fingerprint density at radius 2 is 1.87 bits per heavy atom. The lowest BCUT2D eigenvalue weighted by Gasteiger charge is -2.24. The van der Waals surface area contributed by atoms with E-state index in [1.54, 1.807) is 9.80 Å². The summed E-state index contributed by atoms with van der Waals surface area (Å²) in [5.41, 5.74) is 2.92. The van der Waals surface area contributed by atoms with Gasteiger partial charge in [-0.15, -0.1) is 0 Å². The van der Waals surface area contributed by atoms with Crippen LogP contribution < -0.4 is 4.90 Å². The summed E-state index contributed by atoms with van der Waals surface area (Å²) in [6.07, 6.45) is 1.88. The summed E-state index contributed by atoms with van der Waals surface area (Å²) in [6.45, 7) is 6.66. The topological polar surface area (TPSA) is 57.7 Å². The number of nitrogens with zero attached hydrogens (tertiary/aromatic N) is 2. The molecule has 2 aliphatic heterocycles. The number of fused-ring (bicyclic) bond motifs is 1. The summed E-state index contributed by atoms with van der Waals surface area (Å²) in [4.78, 5) is 16.5. The minimum Gasteiger partial charge on any atom is -0.318 e. The molecule has 126 valence electrons. The largest absolute Gasteiger partial charge is 0.325 e. The second-order valence-electron chi connectivity index (χ2n) is 6.70. The number of carbonyl (C=O) groups excluding carboxylic acids is 1. The maximum absolute atomic E-state index is 13.0. The van der Waals surface area contributed by atoms with Crippen molar-refractivity contribution in [2.75, 3.05) is 23.0 Å². The highest BCUT2D eigenvalue weighted by molar-refractivity contribution is 7.91. The van der Waals surface area contributed by atoms with Crippen molar-refractivity contribution in [3.63, 3.8) is 0 Å². The fourth-order valence-electron chi connectivity index (χ4n) is 3.63. The van der Waals surface area contributed by atoms with Crippen molar-refractivity contribution in [2.45, 2.75) is 45.7 Å². The number of amides is 2. The Bertz CT molecular complexity index is 729. The molecule has 0 radical (unpaired) electrons. The number of anilines is 1. The molecule has 2 amide bonds. The van der Waals surface area contributed by atoms with Crippen LogP contribution in [0.25, 0.3) is 0 Å². The molecule has 0 bridgehead atoms. The number of sulfone groups is 1. The van der Waals surface area contributed by atoms with Gasteiger partial charge in [-0.05, 0) is 37.5 Å². The van der Waals surface area contributed by atoms with E-state index in [4.69, 9.17) is 0 Å². The Hall–Kier alpha value is -1.56. The molecule has 23 heavy (non-hydrogen) atoms. The van der Waals surface area contributed by atoms with E-state index in [2.05, 4.69) is 6.92 Å². The highest BCUT2D eigenvalue weighted by atomic mass is 32.2. The summed E-state index contributed by atoms with van der Waals surface area (Å²) in [5.74, 6) is 0.161. The van der Waals surface area contributed by atoms with Gasteiger partial charge in [0.1, 0.15) is 0 Å². The number of carbonyl (C=O) groups is 1. The standard InChI is InChI=1S/C17H24N2O3S/c1-4-5-8-18-15-10-23(21,22)11-16(15)19(17(18)20)14-9-12(2)6-7-13(14)3/h6-7,9,15-16H,4-5,8,10-11H2,1-3H3. The van der Waals surface area contributed by atoms with E-state index < -0.39 is 9.84 Å². The van der Waals surface area contributed by atoms with Gasteiger partial charge in [-0.25, -0.2) is 13.2 Å². The lowest BCUT2D eigenvalue weighted by Crippen LogP contribution is -2.38. The SMILES string of the molecule is CCCCN1C(=O)N(c2cc(C)ccc2C)C2CS(=O)(=O)CC21. The molecule has 3 rings (SSSR count).